The molecule has 6 heteroatoms. The number of nitrogens with one attached hydrogen (secondary N) is 1. The van der Waals surface area contributed by atoms with Crippen molar-refractivity contribution in [2.24, 2.45) is 0 Å². The number of hydrogen-bond donors (Lipinski definition) is 1. The highest BCUT2D eigenvalue weighted by molar-refractivity contribution is 6.08. The Morgan fingerprint density at radius 3 is 2.50 bits per heavy atom. The number of nitrogens with zero attached hydrogens (tertiary/aromatic N) is 3. The van der Waals surface area contributed by atoms with Crippen LogP contribution < -0.4 is 5.32 Å². The maximum atomic E-state index is 12.8. The monoisotopic (exact) mass is 324 g/mol. The van der Waals surface area contributed by atoms with Gasteiger partial charge in [0, 0.05) is 38.6 Å². The van der Waals surface area contributed by atoms with Crippen LogP contribution in [0.15, 0.2) is 48.8 Å². The molecule has 0 spiro atoms. The van der Waals surface area contributed by atoms with Gasteiger partial charge in [0.15, 0.2) is 0 Å². The normalized spacial score (nSPS) is 15.1. The fraction of sp³-hybridized carbons (Fsp3) is 0.278. The van der Waals surface area contributed by atoms with Crippen molar-refractivity contribution in [3.8, 4) is 0 Å². The fourth-order valence-electron chi connectivity index (χ4n) is 2.65. The first-order valence-corrected chi connectivity index (χ1v) is 7.93. The van der Waals surface area contributed by atoms with Crippen molar-refractivity contribution in [2.75, 3.05) is 38.5 Å². The molecule has 1 N–H and O–H groups in total. The Hall–Kier alpha value is -2.73. The van der Waals surface area contributed by atoms with Gasteiger partial charge < -0.3 is 15.1 Å². The molecular formula is C18H20N4O2. The molecule has 1 aliphatic rings. The summed E-state index contributed by atoms with van der Waals surface area (Å²) in [4.78, 5) is 33.1. The summed E-state index contributed by atoms with van der Waals surface area (Å²) >= 11 is 0. The second-order valence-electron chi connectivity index (χ2n) is 5.84. The highest BCUT2D eigenvalue weighted by atomic mass is 16.2. The molecule has 2 aromatic rings. The lowest BCUT2D eigenvalue weighted by Crippen LogP contribution is -2.47. The molecule has 0 aliphatic carbocycles. The number of carbonyl (C=O) groups excluding carboxylic acids is 2. The summed E-state index contributed by atoms with van der Waals surface area (Å²) in [5.74, 6) is -0.327. The molecule has 1 aromatic heterocycles. The van der Waals surface area contributed by atoms with Gasteiger partial charge in [-0.05, 0) is 31.3 Å². The number of piperazine rings is 1. The lowest BCUT2D eigenvalue weighted by Gasteiger charge is -2.32. The Morgan fingerprint density at radius 2 is 1.79 bits per heavy atom. The molecule has 2 amide bonds. The van der Waals surface area contributed by atoms with Gasteiger partial charge in [-0.3, -0.25) is 14.6 Å². The van der Waals surface area contributed by atoms with Gasteiger partial charge in [0.1, 0.15) is 0 Å². The van der Waals surface area contributed by atoms with E-state index in [9.17, 15) is 9.59 Å². The molecule has 0 atom stereocenters. The molecule has 1 aromatic carbocycles. The smallest absolute Gasteiger partial charge is 0.257 e. The Morgan fingerprint density at radius 1 is 1.04 bits per heavy atom. The summed E-state index contributed by atoms with van der Waals surface area (Å²) in [6.45, 7) is 3.10. The average Bonchev–Trinajstić information content (AvgIpc) is 2.63. The van der Waals surface area contributed by atoms with E-state index in [2.05, 4.69) is 15.2 Å². The SMILES string of the molecule is CN1CCN(C(=O)c2ccccc2NC(=O)c2cccnc2)CC1. The van der Waals surface area contributed by atoms with Crippen LogP contribution in [-0.2, 0) is 0 Å². The van der Waals surface area contributed by atoms with Gasteiger partial charge in [-0.25, -0.2) is 0 Å². The van der Waals surface area contributed by atoms with Crippen LogP contribution in [0.1, 0.15) is 20.7 Å². The van der Waals surface area contributed by atoms with E-state index in [1.165, 1.54) is 6.20 Å². The summed E-state index contributed by atoms with van der Waals surface area (Å²) in [7, 11) is 2.05. The van der Waals surface area contributed by atoms with Gasteiger partial charge in [0.25, 0.3) is 11.8 Å². The third-order valence-corrected chi connectivity index (χ3v) is 4.12. The molecule has 1 saturated heterocycles. The van der Waals surface area contributed by atoms with E-state index in [1.807, 2.05) is 18.0 Å². The summed E-state index contributed by atoms with van der Waals surface area (Å²) in [6.07, 6.45) is 3.11. The Bertz CT molecular complexity index is 725. The zero-order chi connectivity index (χ0) is 16.9. The molecule has 0 unspecified atom stereocenters. The van der Waals surface area contributed by atoms with E-state index in [4.69, 9.17) is 0 Å². The van der Waals surface area contributed by atoms with Crippen molar-refractivity contribution in [1.82, 2.24) is 14.8 Å². The maximum absolute atomic E-state index is 12.8. The van der Waals surface area contributed by atoms with E-state index in [-0.39, 0.29) is 11.8 Å². The number of rotatable bonds is 3. The van der Waals surface area contributed by atoms with Crippen molar-refractivity contribution in [1.29, 1.82) is 0 Å². The van der Waals surface area contributed by atoms with E-state index in [0.717, 1.165) is 13.1 Å². The van der Waals surface area contributed by atoms with Crippen LogP contribution in [0.5, 0.6) is 0 Å². The first-order valence-electron chi connectivity index (χ1n) is 7.93. The highest BCUT2D eigenvalue weighted by Crippen LogP contribution is 2.19. The molecule has 0 bridgehead atoms. The van der Waals surface area contributed by atoms with Gasteiger partial charge in [0.2, 0.25) is 0 Å². The number of pyridine rings is 1. The van der Waals surface area contributed by atoms with Crippen molar-refractivity contribution in [2.45, 2.75) is 0 Å². The van der Waals surface area contributed by atoms with Crippen LogP contribution in [-0.4, -0.2) is 59.8 Å². The highest BCUT2D eigenvalue weighted by Gasteiger charge is 2.22. The lowest BCUT2D eigenvalue weighted by molar-refractivity contribution is 0.0665. The summed E-state index contributed by atoms with van der Waals surface area (Å²) in [6, 6.07) is 10.5. The van der Waals surface area contributed by atoms with Crippen LogP contribution in [0.3, 0.4) is 0 Å². The van der Waals surface area contributed by atoms with E-state index >= 15 is 0 Å². The van der Waals surface area contributed by atoms with E-state index in [0.29, 0.717) is 29.9 Å². The number of carbonyl (C=O) groups is 2. The number of anilines is 1. The number of likely N-dealkylation sites (N-methyl/N-ethyl adjacent to an activating group) is 1. The molecule has 2 heterocycles. The lowest BCUT2D eigenvalue weighted by atomic mass is 10.1. The first-order chi connectivity index (χ1) is 11.6. The summed E-state index contributed by atoms with van der Waals surface area (Å²) in [5, 5.41) is 2.82. The number of hydrogen-bond acceptors (Lipinski definition) is 4. The minimum absolute atomic E-state index is 0.0508. The van der Waals surface area contributed by atoms with Gasteiger partial charge in [0.05, 0.1) is 16.8 Å². The Balaban J connectivity index is 1.78. The summed E-state index contributed by atoms with van der Waals surface area (Å²) in [5.41, 5.74) is 1.49. The Kier molecular flexibility index (Phi) is 4.86. The minimum atomic E-state index is -0.276. The van der Waals surface area contributed by atoms with Gasteiger partial charge in [-0.15, -0.1) is 0 Å². The molecule has 0 saturated carbocycles. The molecule has 24 heavy (non-hydrogen) atoms. The van der Waals surface area contributed by atoms with Crippen molar-refractivity contribution >= 4 is 17.5 Å². The van der Waals surface area contributed by atoms with Crippen LogP contribution >= 0.6 is 0 Å². The molecular weight excluding hydrogens is 304 g/mol. The van der Waals surface area contributed by atoms with Gasteiger partial charge in [-0.1, -0.05) is 12.1 Å². The van der Waals surface area contributed by atoms with E-state index in [1.54, 1.807) is 36.5 Å². The van der Waals surface area contributed by atoms with Crippen LogP contribution in [0.4, 0.5) is 5.69 Å². The van der Waals surface area contributed by atoms with E-state index < -0.39 is 0 Å². The predicted octanol–water partition coefficient (Wildman–Crippen LogP) is 1.72. The second kappa shape index (κ2) is 7.23. The predicted molar refractivity (Wildman–Crippen MR) is 92.0 cm³/mol. The quantitative estimate of drug-likeness (QED) is 0.934. The van der Waals surface area contributed by atoms with Crippen molar-refractivity contribution < 1.29 is 9.59 Å². The summed E-state index contributed by atoms with van der Waals surface area (Å²) < 4.78 is 0. The maximum Gasteiger partial charge on any atom is 0.257 e. The third kappa shape index (κ3) is 3.60. The van der Waals surface area contributed by atoms with Crippen LogP contribution in [0.25, 0.3) is 0 Å². The number of amides is 2. The number of para-hydroxylation sites is 1. The molecule has 1 fully saturated rings. The number of benzene rings is 1. The zero-order valence-electron chi connectivity index (χ0n) is 13.6. The number of aromatic nitrogens is 1. The van der Waals surface area contributed by atoms with Crippen LogP contribution in [0, 0.1) is 0 Å². The van der Waals surface area contributed by atoms with Gasteiger partial charge in [-0.2, -0.15) is 0 Å². The van der Waals surface area contributed by atoms with Crippen molar-refractivity contribution in [3.05, 3.63) is 59.9 Å². The minimum Gasteiger partial charge on any atom is -0.336 e. The second-order valence-corrected chi connectivity index (χ2v) is 5.84. The molecule has 1 aliphatic heterocycles. The standard InChI is InChI=1S/C18H20N4O2/c1-21-9-11-22(12-10-21)18(24)15-6-2-3-7-16(15)20-17(23)14-5-4-8-19-13-14/h2-8,13H,9-12H2,1H3,(H,20,23). The molecule has 0 radical (unpaired) electrons. The average molecular weight is 324 g/mol. The molecule has 3 rings (SSSR count). The van der Waals surface area contributed by atoms with Crippen molar-refractivity contribution in [3.63, 3.8) is 0 Å². The topological polar surface area (TPSA) is 65.5 Å². The first kappa shape index (κ1) is 16.1. The Labute approximate surface area is 141 Å². The van der Waals surface area contributed by atoms with Crippen LogP contribution in [0.2, 0.25) is 0 Å². The molecule has 6 nitrogen and oxygen atoms in total. The zero-order valence-corrected chi connectivity index (χ0v) is 13.6. The third-order valence-electron chi connectivity index (χ3n) is 4.12. The molecule has 124 valence electrons. The fourth-order valence-corrected chi connectivity index (χ4v) is 2.65. The largest absolute Gasteiger partial charge is 0.336 e. The van der Waals surface area contributed by atoms with Gasteiger partial charge >= 0.3 is 0 Å².